The third kappa shape index (κ3) is 11.2. The Labute approximate surface area is 164 Å². The van der Waals surface area contributed by atoms with E-state index in [4.69, 9.17) is 4.74 Å². The van der Waals surface area contributed by atoms with Crippen LogP contribution in [0.25, 0.3) is 0 Å². The van der Waals surface area contributed by atoms with Gasteiger partial charge in [-0.2, -0.15) is 0 Å². The maximum Gasteiger partial charge on any atom is 0.221 e. The number of ether oxygens (including phenoxy) is 1. The molecule has 0 bridgehead atoms. The fourth-order valence-electron chi connectivity index (χ4n) is 3.45. The maximum atomic E-state index is 12.4. The second kappa shape index (κ2) is 9.57. The molecule has 0 heterocycles. The normalized spacial score (nSPS) is 15.0. The topological polar surface area (TPSA) is 38.3 Å². The van der Waals surface area contributed by atoms with Crippen LogP contribution in [0.1, 0.15) is 108 Å². The predicted molar refractivity (Wildman–Crippen MR) is 113 cm³/mol. The van der Waals surface area contributed by atoms with E-state index >= 15 is 0 Å². The smallest absolute Gasteiger partial charge is 0.221 e. The molecule has 1 atom stereocenters. The van der Waals surface area contributed by atoms with Gasteiger partial charge in [0, 0.05) is 6.42 Å². The molecule has 0 aromatic carbocycles. The molecule has 156 valence electrons. The fourth-order valence-corrected chi connectivity index (χ4v) is 3.45. The van der Waals surface area contributed by atoms with Crippen LogP contribution in [0.2, 0.25) is 0 Å². The number of rotatable bonds is 12. The van der Waals surface area contributed by atoms with Crippen molar-refractivity contribution in [1.29, 1.82) is 0 Å². The predicted octanol–water partition coefficient (Wildman–Crippen LogP) is 6.36. The Morgan fingerprint density at radius 1 is 0.885 bits per heavy atom. The molecule has 0 fully saturated rings. The highest BCUT2D eigenvalue weighted by molar-refractivity contribution is 5.77. The summed E-state index contributed by atoms with van der Waals surface area (Å²) in [5.74, 6) is 0.726. The molecule has 0 aliphatic heterocycles. The van der Waals surface area contributed by atoms with Crippen molar-refractivity contribution < 1.29 is 9.53 Å². The molecule has 0 aromatic heterocycles. The van der Waals surface area contributed by atoms with Gasteiger partial charge in [-0.15, -0.1) is 0 Å². The Bertz CT molecular complexity index is 435. The van der Waals surface area contributed by atoms with Gasteiger partial charge in [0.1, 0.15) is 0 Å². The molecular formula is C23H47NO2. The van der Waals surface area contributed by atoms with Crippen molar-refractivity contribution in [2.24, 2.45) is 16.7 Å². The van der Waals surface area contributed by atoms with Crippen LogP contribution in [0.15, 0.2) is 0 Å². The van der Waals surface area contributed by atoms with E-state index in [9.17, 15) is 4.79 Å². The highest BCUT2D eigenvalue weighted by atomic mass is 16.5. The van der Waals surface area contributed by atoms with Gasteiger partial charge in [-0.1, -0.05) is 61.3 Å². The fraction of sp³-hybridized carbons (Fsp3) is 0.957. The Morgan fingerprint density at radius 2 is 1.38 bits per heavy atom. The quantitative estimate of drug-likeness (QED) is 0.435. The third-order valence-corrected chi connectivity index (χ3v) is 5.60. The van der Waals surface area contributed by atoms with Crippen molar-refractivity contribution in [1.82, 2.24) is 5.32 Å². The van der Waals surface area contributed by atoms with E-state index in [0.717, 1.165) is 12.8 Å². The van der Waals surface area contributed by atoms with E-state index in [1.54, 1.807) is 0 Å². The van der Waals surface area contributed by atoms with Gasteiger partial charge in [-0.25, -0.2) is 0 Å². The highest BCUT2D eigenvalue weighted by Gasteiger charge is 2.30. The molecule has 1 N–H and O–H groups in total. The van der Waals surface area contributed by atoms with Crippen molar-refractivity contribution in [3.8, 4) is 0 Å². The van der Waals surface area contributed by atoms with Crippen molar-refractivity contribution in [2.45, 2.75) is 119 Å². The summed E-state index contributed by atoms with van der Waals surface area (Å²) in [7, 11) is 0. The van der Waals surface area contributed by atoms with Gasteiger partial charge >= 0.3 is 0 Å². The molecule has 0 radical (unpaired) electrons. The molecule has 0 aromatic rings. The van der Waals surface area contributed by atoms with E-state index in [1.165, 1.54) is 12.8 Å². The first kappa shape index (κ1) is 25.4. The van der Waals surface area contributed by atoms with Crippen molar-refractivity contribution in [3.63, 3.8) is 0 Å². The average molecular weight is 370 g/mol. The van der Waals surface area contributed by atoms with Crippen molar-refractivity contribution in [2.75, 3.05) is 6.61 Å². The second-order valence-electron chi connectivity index (χ2n) is 11.2. The zero-order valence-corrected chi connectivity index (χ0v) is 19.6. The van der Waals surface area contributed by atoms with Crippen LogP contribution in [0.4, 0.5) is 0 Å². The lowest BCUT2D eigenvalue weighted by molar-refractivity contribution is -0.127. The van der Waals surface area contributed by atoms with E-state index in [0.29, 0.717) is 24.4 Å². The van der Waals surface area contributed by atoms with Gasteiger partial charge in [0.2, 0.25) is 5.91 Å². The minimum Gasteiger partial charge on any atom is -0.373 e. The Balaban J connectivity index is 4.56. The number of amides is 1. The first-order valence-corrected chi connectivity index (χ1v) is 10.5. The van der Waals surface area contributed by atoms with E-state index in [-0.39, 0.29) is 22.5 Å². The maximum absolute atomic E-state index is 12.4. The first-order valence-electron chi connectivity index (χ1n) is 10.5. The third-order valence-electron chi connectivity index (χ3n) is 5.60. The molecule has 26 heavy (non-hydrogen) atoms. The molecule has 3 heteroatoms. The van der Waals surface area contributed by atoms with Gasteiger partial charge in [0.15, 0.2) is 0 Å². The monoisotopic (exact) mass is 369 g/mol. The summed E-state index contributed by atoms with van der Waals surface area (Å²) < 4.78 is 6.26. The summed E-state index contributed by atoms with van der Waals surface area (Å²) in [6, 6.07) is 0. The summed E-state index contributed by atoms with van der Waals surface area (Å²) in [6.45, 7) is 24.6. The zero-order valence-electron chi connectivity index (χ0n) is 19.6. The molecule has 3 nitrogen and oxygen atoms in total. The number of hydrogen-bond donors (Lipinski definition) is 1. The summed E-state index contributed by atoms with van der Waals surface area (Å²) in [5.41, 5.74) is -0.116. The molecule has 0 saturated carbocycles. The van der Waals surface area contributed by atoms with Crippen LogP contribution >= 0.6 is 0 Å². The number of nitrogens with one attached hydrogen (secondary N) is 1. The van der Waals surface area contributed by atoms with Crippen LogP contribution in [0, 0.1) is 16.7 Å². The number of hydrogen-bond acceptors (Lipinski definition) is 2. The molecule has 0 rings (SSSR count). The van der Waals surface area contributed by atoms with Crippen molar-refractivity contribution in [3.05, 3.63) is 0 Å². The average Bonchev–Trinajstić information content (AvgIpc) is 2.43. The molecule has 0 saturated heterocycles. The molecule has 1 unspecified atom stereocenters. The molecule has 1 amide bonds. The summed E-state index contributed by atoms with van der Waals surface area (Å²) >= 11 is 0. The highest BCUT2D eigenvalue weighted by Crippen LogP contribution is 2.33. The first-order chi connectivity index (χ1) is 11.5. The molecule has 0 spiro atoms. The van der Waals surface area contributed by atoms with Gasteiger partial charge < -0.3 is 10.1 Å². The minimum absolute atomic E-state index is 0.0435. The zero-order chi connectivity index (χ0) is 20.8. The molecular weight excluding hydrogens is 322 g/mol. The van der Waals surface area contributed by atoms with Gasteiger partial charge in [0.05, 0.1) is 17.7 Å². The Kier molecular flexibility index (Phi) is 9.36. The van der Waals surface area contributed by atoms with E-state index in [2.05, 4.69) is 67.6 Å². The Hall–Kier alpha value is -0.570. The lowest BCUT2D eigenvalue weighted by atomic mass is 9.78. The van der Waals surface area contributed by atoms with Crippen LogP contribution in [-0.2, 0) is 9.53 Å². The van der Waals surface area contributed by atoms with Gasteiger partial charge in [-0.05, 0) is 57.3 Å². The summed E-state index contributed by atoms with van der Waals surface area (Å²) in [5, 5.41) is 3.16. The van der Waals surface area contributed by atoms with Crippen molar-refractivity contribution >= 4 is 5.91 Å². The molecule has 0 aliphatic rings. The minimum atomic E-state index is -0.357. The Morgan fingerprint density at radius 3 is 1.85 bits per heavy atom. The second-order valence-corrected chi connectivity index (χ2v) is 11.2. The lowest BCUT2D eigenvalue weighted by Crippen LogP contribution is -2.49. The van der Waals surface area contributed by atoms with Gasteiger partial charge in [-0.3, -0.25) is 4.79 Å². The van der Waals surface area contributed by atoms with E-state index < -0.39 is 0 Å². The van der Waals surface area contributed by atoms with Crippen LogP contribution < -0.4 is 5.32 Å². The SMILES string of the molecule is CCC(C)(C)CC(=O)NC(C)(C)COC(C)(C)CC(C)CC(C)(C)CC. The van der Waals surface area contributed by atoms with Crippen LogP contribution in [0.5, 0.6) is 0 Å². The lowest BCUT2D eigenvalue weighted by Gasteiger charge is -2.36. The summed E-state index contributed by atoms with van der Waals surface area (Å²) in [6.07, 6.45) is 4.99. The van der Waals surface area contributed by atoms with Gasteiger partial charge in [0.25, 0.3) is 0 Å². The number of carbonyl (C=O) groups excluding carboxylic acids is 1. The van der Waals surface area contributed by atoms with E-state index in [1.807, 2.05) is 13.8 Å². The van der Waals surface area contributed by atoms with Crippen LogP contribution in [0.3, 0.4) is 0 Å². The largest absolute Gasteiger partial charge is 0.373 e. The summed E-state index contributed by atoms with van der Waals surface area (Å²) in [4.78, 5) is 12.4. The van der Waals surface area contributed by atoms with Crippen LogP contribution in [-0.4, -0.2) is 23.7 Å². The number of carbonyl (C=O) groups is 1. The standard InChI is InChI=1S/C23H47NO2/c1-12-20(4,5)14-18(3)15-23(10,11)26-17-22(8,9)24-19(25)16-21(6,7)13-2/h18H,12-17H2,1-11H3,(H,24,25). The molecule has 0 aliphatic carbocycles.